The highest BCUT2D eigenvalue weighted by atomic mass is 35.5. The predicted octanol–water partition coefficient (Wildman–Crippen LogP) is 3.82. The molecular formula is C24H26ClNO7. The predicted molar refractivity (Wildman–Crippen MR) is 123 cm³/mol. The van der Waals surface area contributed by atoms with E-state index in [2.05, 4.69) is 0 Å². The number of Topliss-reactive ketones (excluding diaryl/α,β-unsaturated/α-hetero) is 1. The number of likely N-dealkylation sites (tertiary alicyclic amines) is 1. The number of aliphatic hydroxyl groups is 1. The lowest BCUT2D eigenvalue weighted by Gasteiger charge is -2.26. The minimum atomic E-state index is -0.856. The van der Waals surface area contributed by atoms with Crippen molar-refractivity contribution in [2.45, 2.75) is 12.5 Å². The quantitative estimate of drug-likeness (QED) is 0.255. The molecule has 0 bridgehead atoms. The van der Waals surface area contributed by atoms with E-state index in [9.17, 15) is 14.7 Å². The van der Waals surface area contributed by atoms with Gasteiger partial charge >= 0.3 is 0 Å². The van der Waals surface area contributed by atoms with Crippen LogP contribution < -0.4 is 14.2 Å². The first-order valence-corrected chi connectivity index (χ1v) is 10.6. The van der Waals surface area contributed by atoms with Crippen LogP contribution in [0.15, 0.2) is 42.0 Å². The van der Waals surface area contributed by atoms with E-state index in [0.29, 0.717) is 40.9 Å². The van der Waals surface area contributed by atoms with Gasteiger partial charge in [-0.2, -0.15) is 0 Å². The van der Waals surface area contributed by atoms with Crippen LogP contribution >= 0.6 is 11.6 Å². The van der Waals surface area contributed by atoms with Gasteiger partial charge in [-0.25, -0.2) is 0 Å². The average Bonchev–Trinajstić information content (AvgIpc) is 3.08. The first-order valence-electron chi connectivity index (χ1n) is 10.2. The number of hydrogen-bond acceptors (Lipinski definition) is 7. The molecule has 1 aliphatic heterocycles. The van der Waals surface area contributed by atoms with Gasteiger partial charge in [0.1, 0.15) is 11.5 Å². The van der Waals surface area contributed by atoms with Crippen molar-refractivity contribution in [3.8, 4) is 17.2 Å². The third-order valence-corrected chi connectivity index (χ3v) is 5.66. The Bertz CT molecular complexity index is 1080. The maximum atomic E-state index is 13.1. The van der Waals surface area contributed by atoms with Crippen LogP contribution in [0.25, 0.3) is 5.76 Å². The summed E-state index contributed by atoms with van der Waals surface area (Å²) in [6, 6.07) is 8.91. The molecule has 0 aromatic heterocycles. The lowest BCUT2D eigenvalue weighted by atomic mass is 9.94. The number of nitrogens with zero attached hydrogens (tertiary/aromatic N) is 1. The summed E-state index contributed by atoms with van der Waals surface area (Å²) in [5, 5.41) is 11.6. The number of benzene rings is 2. The summed E-state index contributed by atoms with van der Waals surface area (Å²) in [6.45, 7) is 0.657. The fourth-order valence-corrected chi connectivity index (χ4v) is 4.04. The highest BCUT2D eigenvalue weighted by Crippen LogP contribution is 2.43. The Hall–Kier alpha value is -3.23. The number of carbonyl (C=O) groups excluding carboxylic acids is 2. The minimum Gasteiger partial charge on any atom is -0.507 e. The third-order valence-electron chi connectivity index (χ3n) is 5.43. The molecule has 1 aliphatic rings. The molecule has 9 heteroatoms. The summed E-state index contributed by atoms with van der Waals surface area (Å²) in [6.07, 6.45) is 0.508. The molecule has 0 saturated carbocycles. The van der Waals surface area contributed by atoms with Crippen molar-refractivity contribution in [1.82, 2.24) is 4.90 Å². The summed E-state index contributed by atoms with van der Waals surface area (Å²) >= 11 is 6.13. The van der Waals surface area contributed by atoms with Crippen molar-refractivity contribution in [1.29, 1.82) is 0 Å². The summed E-state index contributed by atoms with van der Waals surface area (Å²) < 4.78 is 21.2. The molecule has 1 amide bonds. The summed E-state index contributed by atoms with van der Waals surface area (Å²) in [5.74, 6) is -0.651. The average molecular weight is 476 g/mol. The Kier molecular flexibility index (Phi) is 7.84. The van der Waals surface area contributed by atoms with Gasteiger partial charge in [0.15, 0.2) is 11.5 Å². The molecule has 0 spiro atoms. The maximum absolute atomic E-state index is 13.1. The molecule has 0 radical (unpaired) electrons. The van der Waals surface area contributed by atoms with E-state index in [1.807, 2.05) is 0 Å². The van der Waals surface area contributed by atoms with E-state index in [0.717, 1.165) is 0 Å². The lowest BCUT2D eigenvalue weighted by molar-refractivity contribution is -0.140. The number of halogens is 1. The zero-order valence-electron chi connectivity index (χ0n) is 18.9. The van der Waals surface area contributed by atoms with Crippen LogP contribution in [0.5, 0.6) is 17.2 Å². The van der Waals surface area contributed by atoms with Crippen LogP contribution in [0.1, 0.15) is 23.6 Å². The second-order valence-corrected chi connectivity index (χ2v) is 7.73. The number of carbonyl (C=O) groups is 2. The molecule has 1 atom stereocenters. The third kappa shape index (κ3) is 4.77. The number of rotatable bonds is 9. The fourth-order valence-electron chi connectivity index (χ4n) is 3.87. The molecule has 0 aliphatic carbocycles. The van der Waals surface area contributed by atoms with Gasteiger partial charge in [-0.3, -0.25) is 9.59 Å². The van der Waals surface area contributed by atoms with E-state index in [-0.39, 0.29) is 23.4 Å². The zero-order chi connectivity index (χ0) is 24.1. The van der Waals surface area contributed by atoms with Gasteiger partial charge in [0.2, 0.25) is 0 Å². The van der Waals surface area contributed by atoms with Crippen molar-refractivity contribution in [3.05, 3.63) is 58.1 Å². The molecule has 1 saturated heterocycles. The summed E-state index contributed by atoms with van der Waals surface area (Å²) in [4.78, 5) is 27.6. The first kappa shape index (κ1) is 24.4. The number of methoxy groups -OCH3 is 4. The molecule has 2 aromatic rings. The van der Waals surface area contributed by atoms with E-state index >= 15 is 0 Å². The fraction of sp³-hybridized carbons (Fsp3) is 0.333. The Balaban J connectivity index is 2.22. The van der Waals surface area contributed by atoms with E-state index in [1.165, 1.54) is 32.3 Å². The Morgan fingerprint density at radius 3 is 2.27 bits per heavy atom. The zero-order valence-corrected chi connectivity index (χ0v) is 19.6. The number of ether oxygens (including phenoxy) is 4. The number of hydrogen-bond donors (Lipinski definition) is 1. The van der Waals surface area contributed by atoms with Gasteiger partial charge in [0.25, 0.3) is 11.7 Å². The van der Waals surface area contributed by atoms with Crippen molar-refractivity contribution in [3.63, 3.8) is 0 Å². The van der Waals surface area contributed by atoms with E-state index < -0.39 is 17.7 Å². The van der Waals surface area contributed by atoms with Crippen LogP contribution in [0.2, 0.25) is 5.02 Å². The van der Waals surface area contributed by atoms with Gasteiger partial charge in [0, 0.05) is 25.3 Å². The van der Waals surface area contributed by atoms with Crippen molar-refractivity contribution in [2.75, 3.05) is 41.6 Å². The minimum absolute atomic E-state index is 0.0646. The second kappa shape index (κ2) is 10.6. The van der Waals surface area contributed by atoms with Crippen molar-refractivity contribution >= 4 is 29.1 Å². The van der Waals surface area contributed by atoms with Crippen LogP contribution in [-0.2, 0) is 14.3 Å². The highest BCUT2D eigenvalue weighted by molar-refractivity contribution is 6.46. The molecule has 1 unspecified atom stereocenters. The number of amides is 1. The SMILES string of the molecule is COCCCN1C(=O)C(=O)/C(=C(/O)c2cc(Cl)ccc2OC)C1c1ccc(OC)c(OC)c1. The Morgan fingerprint density at radius 2 is 1.64 bits per heavy atom. The van der Waals surface area contributed by atoms with Crippen LogP contribution in [0, 0.1) is 0 Å². The van der Waals surface area contributed by atoms with Gasteiger partial charge in [-0.1, -0.05) is 17.7 Å². The first-order chi connectivity index (χ1) is 15.9. The van der Waals surface area contributed by atoms with E-state index in [4.69, 9.17) is 30.5 Å². The molecule has 1 N–H and O–H groups in total. The van der Waals surface area contributed by atoms with Crippen LogP contribution in [0.3, 0.4) is 0 Å². The van der Waals surface area contributed by atoms with E-state index in [1.54, 1.807) is 37.4 Å². The van der Waals surface area contributed by atoms with Crippen molar-refractivity contribution < 1.29 is 33.6 Å². The lowest BCUT2D eigenvalue weighted by Crippen LogP contribution is -2.31. The molecule has 176 valence electrons. The molecule has 3 rings (SSSR count). The molecule has 1 heterocycles. The smallest absolute Gasteiger partial charge is 0.295 e. The number of ketones is 1. The molecule has 33 heavy (non-hydrogen) atoms. The maximum Gasteiger partial charge on any atom is 0.295 e. The van der Waals surface area contributed by atoms with Crippen LogP contribution in [-0.4, -0.2) is 63.3 Å². The molecule has 1 fully saturated rings. The van der Waals surface area contributed by atoms with Gasteiger partial charge in [0.05, 0.1) is 38.5 Å². The monoisotopic (exact) mass is 475 g/mol. The van der Waals surface area contributed by atoms with Gasteiger partial charge in [-0.15, -0.1) is 0 Å². The molecule has 2 aromatic carbocycles. The Morgan fingerprint density at radius 1 is 0.970 bits per heavy atom. The molecular weight excluding hydrogens is 450 g/mol. The largest absolute Gasteiger partial charge is 0.507 e. The normalized spacial score (nSPS) is 17.4. The Labute approximate surface area is 197 Å². The molecule has 8 nitrogen and oxygen atoms in total. The second-order valence-electron chi connectivity index (χ2n) is 7.30. The summed E-state index contributed by atoms with van der Waals surface area (Å²) in [5.41, 5.74) is 0.724. The summed E-state index contributed by atoms with van der Waals surface area (Å²) in [7, 11) is 6.01. The van der Waals surface area contributed by atoms with Crippen molar-refractivity contribution in [2.24, 2.45) is 0 Å². The topological polar surface area (TPSA) is 94.5 Å². The van der Waals surface area contributed by atoms with Gasteiger partial charge < -0.3 is 29.0 Å². The highest BCUT2D eigenvalue weighted by Gasteiger charge is 2.46. The number of aliphatic hydroxyl groups excluding tert-OH is 1. The van der Waals surface area contributed by atoms with Gasteiger partial charge in [-0.05, 0) is 42.3 Å². The van der Waals surface area contributed by atoms with Crippen LogP contribution in [0.4, 0.5) is 0 Å². The standard InChI is InChI=1S/C24H26ClNO7/c1-30-11-5-10-26-21(14-6-8-18(32-3)19(12-14)33-4)20(23(28)24(26)29)22(27)16-13-15(25)7-9-17(16)31-2/h6-9,12-13,21,27H,5,10-11H2,1-4H3/b22-20+.